The summed E-state index contributed by atoms with van der Waals surface area (Å²) in [6, 6.07) is 0.458. The summed E-state index contributed by atoms with van der Waals surface area (Å²) >= 11 is 1.68. The van der Waals surface area contributed by atoms with E-state index in [0.717, 1.165) is 29.0 Å². The normalized spacial score (nSPS) is 13.1. The maximum absolute atomic E-state index is 5.37. The molecule has 1 aromatic heterocycles. The summed E-state index contributed by atoms with van der Waals surface area (Å²) in [4.78, 5) is 9.86. The molecule has 0 amide bonds. The summed E-state index contributed by atoms with van der Waals surface area (Å²) < 4.78 is 5.37. The monoisotopic (exact) mass is 300 g/mol. The first-order valence-electron chi connectivity index (χ1n) is 6.94. The summed E-state index contributed by atoms with van der Waals surface area (Å²) in [7, 11) is 9.89. The van der Waals surface area contributed by atoms with E-state index < -0.39 is 0 Å². The van der Waals surface area contributed by atoms with Gasteiger partial charge in [0.25, 0.3) is 0 Å². The summed E-state index contributed by atoms with van der Waals surface area (Å²) in [5.41, 5.74) is 0. The number of methoxy groups -OCH3 is 1. The molecule has 6 heteroatoms. The van der Waals surface area contributed by atoms with E-state index in [4.69, 9.17) is 4.74 Å². The van der Waals surface area contributed by atoms with Gasteiger partial charge in [-0.15, -0.1) is 0 Å². The Labute approximate surface area is 126 Å². The molecule has 0 saturated heterocycles. The van der Waals surface area contributed by atoms with Crippen molar-refractivity contribution in [2.75, 3.05) is 46.7 Å². The van der Waals surface area contributed by atoms with Gasteiger partial charge < -0.3 is 19.9 Å². The van der Waals surface area contributed by atoms with Gasteiger partial charge in [0.2, 0.25) is 5.88 Å². The molecule has 1 heterocycles. The van der Waals surface area contributed by atoms with Crippen molar-refractivity contribution in [3.8, 4) is 5.88 Å². The van der Waals surface area contributed by atoms with Crippen LogP contribution in [0.15, 0.2) is 0 Å². The van der Waals surface area contributed by atoms with E-state index in [1.165, 1.54) is 0 Å². The van der Waals surface area contributed by atoms with Crippen LogP contribution in [0.4, 0.5) is 5.13 Å². The number of nitrogens with zero attached hydrogens (tertiary/aromatic N) is 3. The van der Waals surface area contributed by atoms with E-state index in [-0.39, 0.29) is 0 Å². The molecule has 0 spiro atoms. The Morgan fingerprint density at radius 3 is 2.35 bits per heavy atom. The number of ether oxygens (including phenoxy) is 1. The third-order valence-electron chi connectivity index (χ3n) is 3.12. The van der Waals surface area contributed by atoms with Gasteiger partial charge in [0.1, 0.15) is 0 Å². The molecule has 0 bridgehead atoms. The van der Waals surface area contributed by atoms with Gasteiger partial charge in [-0.3, -0.25) is 0 Å². The summed E-state index contributed by atoms with van der Waals surface area (Å²) in [6.45, 7) is 6.32. The number of aromatic nitrogens is 1. The van der Waals surface area contributed by atoms with Gasteiger partial charge in [0.15, 0.2) is 5.13 Å². The quantitative estimate of drug-likeness (QED) is 0.794. The molecule has 0 aliphatic carbocycles. The Balaban J connectivity index is 2.71. The van der Waals surface area contributed by atoms with Crippen molar-refractivity contribution in [1.82, 2.24) is 15.2 Å². The standard InChI is InChI=1S/C14H28N4OS/c1-10(2)11(9-17(3)4)15-8-12-13(19-7)16-14(20-12)18(5)6/h10-11,15H,8-9H2,1-7H3. The molecule has 1 rings (SSSR count). The molecular weight excluding hydrogens is 272 g/mol. The van der Waals surface area contributed by atoms with E-state index in [2.05, 4.69) is 43.1 Å². The minimum absolute atomic E-state index is 0.458. The second-order valence-corrected chi connectivity index (χ2v) is 6.88. The topological polar surface area (TPSA) is 40.6 Å². The average molecular weight is 300 g/mol. The third-order valence-corrected chi connectivity index (χ3v) is 4.32. The number of anilines is 1. The fourth-order valence-corrected chi connectivity index (χ4v) is 2.82. The van der Waals surface area contributed by atoms with Crippen LogP contribution in [0.5, 0.6) is 5.88 Å². The molecular formula is C14H28N4OS. The molecule has 0 aliphatic rings. The van der Waals surface area contributed by atoms with Crippen LogP contribution in [0, 0.1) is 5.92 Å². The molecule has 20 heavy (non-hydrogen) atoms. The molecule has 1 atom stereocenters. The molecule has 0 saturated carbocycles. The van der Waals surface area contributed by atoms with Crippen LogP contribution in [0.3, 0.4) is 0 Å². The first-order valence-corrected chi connectivity index (χ1v) is 7.76. The maximum atomic E-state index is 5.37. The summed E-state index contributed by atoms with van der Waals surface area (Å²) in [6.07, 6.45) is 0. The van der Waals surface area contributed by atoms with Crippen LogP contribution in [0.1, 0.15) is 18.7 Å². The zero-order chi connectivity index (χ0) is 15.3. The number of thiazole rings is 1. The van der Waals surface area contributed by atoms with Gasteiger partial charge in [-0.05, 0) is 20.0 Å². The van der Waals surface area contributed by atoms with Gasteiger partial charge >= 0.3 is 0 Å². The maximum Gasteiger partial charge on any atom is 0.230 e. The van der Waals surface area contributed by atoms with Crippen molar-refractivity contribution < 1.29 is 4.74 Å². The first kappa shape index (κ1) is 17.2. The van der Waals surface area contributed by atoms with Crippen LogP contribution in [0.2, 0.25) is 0 Å². The molecule has 0 radical (unpaired) electrons. The van der Waals surface area contributed by atoms with Crippen molar-refractivity contribution in [2.45, 2.75) is 26.4 Å². The number of hydrogen-bond acceptors (Lipinski definition) is 6. The molecule has 0 aromatic carbocycles. The number of nitrogens with one attached hydrogen (secondary N) is 1. The summed E-state index contributed by atoms with van der Waals surface area (Å²) in [5, 5.41) is 4.60. The molecule has 0 aliphatic heterocycles. The lowest BCUT2D eigenvalue weighted by Crippen LogP contribution is -2.41. The van der Waals surface area contributed by atoms with Crippen molar-refractivity contribution in [2.24, 2.45) is 5.92 Å². The van der Waals surface area contributed by atoms with Crippen LogP contribution in [0.25, 0.3) is 0 Å². The van der Waals surface area contributed by atoms with E-state index in [0.29, 0.717) is 12.0 Å². The Bertz CT molecular complexity index is 404. The average Bonchev–Trinajstić information content (AvgIpc) is 2.77. The van der Waals surface area contributed by atoms with Crippen molar-refractivity contribution in [1.29, 1.82) is 0 Å². The molecule has 1 aromatic rings. The largest absolute Gasteiger partial charge is 0.480 e. The zero-order valence-corrected chi connectivity index (χ0v) is 14.5. The molecule has 1 unspecified atom stereocenters. The predicted molar refractivity (Wildman–Crippen MR) is 87.0 cm³/mol. The molecule has 0 fully saturated rings. The minimum atomic E-state index is 0.458. The Morgan fingerprint density at radius 1 is 1.25 bits per heavy atom. The van der Waals surface area contributed by atoms with Crippen LogP contribution in [-0.4, -0.2) is 57.8 Å². The highest BCUT2D eigenvalue weighted by Crippen LogP contribution is 2.30. The fraction of sp³-hybridized carbons (Fsp3) is 0.786. The lowest BCUT2D eigenvalue weighted by molar-refractivity contribution is 0.287. The SMILES string of the molecule is COc1nc(N(C)C)sc1CNC(CN(C)C)C(C)C. The van der Waals surface area contributed by atoms with Crippen molar-refractivity contribution >= 4 is 16.5 Å². The second-order valence-electron chi connectivity index (χ2n) is 5.82. The molecule has 116 valence electrons. The third kappa shape index (κ3) is 4.92. The smallest absolute Gasteiger partial charge is 0.230 e. The van der Waals surface area contributed by atoms with Crippen LogP contribution < -0.4 is 15.0 Å². The van der Waals surface area contributed by atoms with E-state index in [1.54, 1.807) is 18.4 Å². The van der Waals surface area contributed by atoms with Crippen molar-refractivity contribution in [3.05, 3.63) is 4.88 Å². The molecule has 5 nitrogen and oxygen atoms in total. The van der Waals surface area contributed by atoms with Gasteiger partial charge in [0.05, 0.1) is 12.0 Å². The van der Waals surface area contributed by atoms with E-state index >= 15 is 0 Å². The van der Waals surface area contributed by atoms with E-state index in [1.807, 2.05) is 19.0 Å². The Hall–Kier alpha value is -0.850. The number of likely N-dealkylation sites (N-methyl/N-ethyl adjacent to an activating group) is 1. The minimum Gasteiger partial charge on any atom is -0.480 e. The predicted octanol–water partition coefficient (Wildman–Crippen LogP) is 1.89. The number of rotatable bonds is 8. The van der Waals surface area contributed by atoms with Gasteiger partial charge in [-0.1, -0.05) is 25.2 Å². The van der Waals surface area contributed by atoms with Gasteiger partial charge in [-0.2, -0.15) is 4.98 Å². The molecule has 1 N–H and O–H groups in total. The van der Waals surface area contributed by atoms with Crippen molar-refractivity contribution in [3.63, 3.8) is 0 Å². The van der Waals surface area contributed by atoms with Crippen LogP contribution in [-0.2, 0) is 6.54 Å². The first-order chi connectivity index (χ1) is 9.35. The second kappa shape index (κ2) is 7.81. The van der Waals surface area contributed by atoms with E-state index in [9.17, 15) is 0 Å². The zero-order valence-electron chi connectivity index (χ0n) is 13.7. The fourth-order valence-electron chi connectivity index (χ4n) is 1.92. The highest BCUT2D eigenvalue weighted by molar-refractivity contribution is 7.15. The lowest BCUT2D eigenvalue weighted by Gasteiger charge is -2.25. The Kier molecular flexibility index (Phi) is 6.71. The Morgan fingerprint density at radius 2 is 1.90 bits per heavy atom. The highest BCUT2D eigenvalue weighted by atomic mass is 32.1. The summed E-state index contributed by atoms with van der Waals surface area (Å²) in [5.74, 6) is 1.32. The highest BCUT2D eigenvalue weighted by Gasteiger charge is 2.17. The van der Waals surface area contributed by atoms with Gasteiger partial charge in [0, 0.05) is 33.2 Å². The van der Waals surface area contributed by atoms with Crippen LogP contribution >= 0.6 is 11.3 Å². The van der Waals surface area contributed by atoms with Gasteiger partial charge in [-0.25, -0.2) is 0 Å². The number of hydrogen-bond donors (Lipinski definition) is 1. The lowest BCUT2D eigenvalue weighted by atomic mass is 10.0.